The SMILES string of the molecule is Cc1ccc(Cl)cc1NC(=S)NC(=O)C(C)(C)C. The first-order valence-electron chi connectivity index (χ1n) is 5.59. The minimum atomic E-state index is -0.477. The number of carbonyl (C=O) groups excluding carboxylic acids is 1. The number of rotatable bonds is 1. The van der Waals surface area contributed by atoms with Crippen molar-refractivity contribution >= 4 is 40.5 Å². The fraction of sp³-hybridized carbons (Fsp3) is 0.385. The number of hydrogen-bond acceptors (Lipinski definition) is 2. The van der Waals surface area contributed by atoms with Gasteiger partial charge < -0.3 is 10.6 Å². The van der Waals surface area contributed by atoms with E-state index in [1.165, 1.54) is 0 Å². The van der Waals surface area contributed by atoms with Crippen LogP contribution in [0.2, 0.25) is 5.02 Å². The van der Waals surface area contributed by atoms with E-state index in [-0.39, 0.29) is 11.0 Å². The van der Waals surface area contributed by atoms with E-state index in [9.17, 15) is 4.79 Å². The van der Waals surface area contributed by atoms with Gasteiger partial charge in [0.2, 0.25) is 5.91 Å². The van der Waals surface area contributed by atoms with Gasteiger partial charge in [0, 0.05) is 16.1 Å². The lowest BCUT2D eigenvalue weighted by molar-refractivity contribution is -0.126. The first-order valence-corrected chi connectivity index (χ1v) is 6.37. The molecule has 0 saturated carbocycles. The van der Waals surface area contributed by atoms with E-state index in [1.807, 2.05) is 33.8 Å². The molecule has 0 aromatic heterocycles. The Morgan fingerprint density at radius 1 is 1.33 bits per heavy atom. The van der Waals surface area contributed by atoms with E-state index in [0.717, 1.165) is 11.3 Å². The number of nitrogens with one attached hydrogen (secondary N) is 2. The quantitative estimate of drug-likeness (QED) is 0.776. The van der Waals surface area contributed by atoms with Crippen LogP contribution < -0.4 is 10.6 Å². The lowest BCUT2D eigenvalue weighted by Crippen LogP contribution is -2.41. The van der Waals surface area contributed by atoms with Gasteiger partial charge in [-0.2, -0.15) is 0 Å². The average Bonchev–Trinajstić information content (AvgIpc) is 2.22. The zero-order valence-electron chi connectivity index (χ0n) is 10.9. The Hall–Kier alpha value is -1.13. The molecule has 0 radical (unpaired) electrons. The van der Waals surface area contributed by atoms with Gasteiger partial charge in [-0.1, -0.05) is 38.4 Å². The van der Waals surface area contributed by atoms with E-state index >= 15 is 0 Å². The molecule has 1 aromatic rings. The highest BCUT2D eigenvalue weighted by Gasteiger charge is 2.22. The highest BCUT2D eigenvalue weighted by atomic mass is 35.5. The molecular weight excluding hydrogens is 268 g/mol. The van der Waals surface area contributed by atoms with Crippen LogP contribution in [0.5, 0.6) is 0 Å². The van der Waals surface area contributed by atoms with Crippen LogP contribution in [-0.4, -0.2) is 11.0 Å². The van der Waals surface area contributed by atoms with Crippen molar-refractivity contribution < 1.29 is 4.79 Å². The third kappa shape index (κ3) is 4.27. The van der Waals surface area contributed by atoms with Gasteiger partial charge in [-0.05, 0) is 36.8 Å². The van der Waals surface area contributed by atoms with Gasteiger partial charge in [0.1, 0.15) is 0 Å². The summed E-state index contributed by atoms with van der Waals surface area (Å²) in [5.74, 6) is -0.125. The fourth-order valence-corrected chi connectivity index (χ4v) is 1.55. The normalized spacial score (nSPS) is 10.9. The lowest BCUT2D eigenvalue weighted by atomic mass is 9.96. The first-order chi connectivity index (χ1) is 8.20. The van der Waals surface area contributed by atoms with Crippen molar-refractivity contribution in [2.75, 3.05) is 5.32 Å². The zero-order valence-corrected chi connectivity index (χ0v) is 12.5. The number of carbonyl (C=O) groups is 1. The monoisotopic (exact) mass is 284 g/mol. The van der Waals surface area contributed by atoms with Crippen LogP contribution in [0.25, 0.3) is 0 Å². The summed E-state index contributed by atoms with van der Waals surface area (Å²) in [5.41, 5.74) is 1.32. The summed E-state index contributed by atoms with van der Waals surface area (Å²) in [4.78, 5) is 11.8. The molecule has 0 unspecified atom stereocenters. The molecule has 0 spiro atoms. The van der Waals surface area contributed by atoms with Gasteiger partial charge in [-0.25, -0.2) is 0 Å². The Morgan fingerprint density at radius 2 is 1.94 bits per heavy atom. The van der Waals surface area contributed by atoms with Crippen LogP contribution in [0.15, 0.2) is 18.2 Å². The molecule has 2 N–H and O–H groups in total. The van der Waals surface area contributed by atoms with E-state index in [1.54, 1.807) is 12.1 Å². The molecule has 98 valence electrons. The molecule has 0 bridgehead atoms. The second-order valence-electron chi connectivity index (χ2n) is 5.12. The molecular formula is C13H17ClN2OS. The topological polar surface area (TPSA) is 41.1 Å². The summed E-state index contributed by atoms with van der Waals surface area (Å²) in [7, 11) is 0. The molecule has 0 atom stereocenters. The summed E-state index contributed by atoms with van der Waals surface area (Å²) in [5, 5.41) is 6.52. The number of benzene rings is 1. The minimum Gasteiger partial charge on any atom is -0.332 e. The van der Waals surface area contributed by atoms with E-state index in [0.29, 0.717) is 5.02 Å². The molecule has 0 aliphatic carbocycles. The third-order valence-electron chi connectivity index (χ3n) is 2.36. The number of thiocarbonyl (C=S) groups is 1. The standard InChI is InChI=1S/C13H17ClN2OS/c1-8-5-6-9(14)7-10(8)15-12(18)16-11(17)13(2,3)4/h5-7H,1-4H3,(H2,15,16,17,18). The van der Waals surface area contributed by atoms with Crippen LogP contribution in [0.3, 0.4) is 0 Å². The van der Waals surface area contributed by atoms with Crippen molar-refractivity contribution in [2.24, 2.45) is 5.41 Å². The van der Waals surface area contributed by atoms with Gasteiger partial charge in [0.05, 0.1) is 0 Å². The maximum atomic E-state index is 11.8. The second-order valence-corrected chi connectivity index (χ2v) is 5.96. The summed E-state index contributed by atoms with van der Waals surface area (Å²) in [6.07, 6.45) is 0. The molecule has 0 aliphatic rings. The Labute approximate surface area is 118 Å². The molecule has 1 rings (SSSR count). The summed E-state index contributed by atoms with van der Waals surface area (Å²) >= 11 is 11.0. The summed E-state index contributed by atoms with van der Waals surface area (Å²) in [6.45, 7) is 7.42. The Kier molecular flexibility index (Phi) is 4.71. The molecule has 0 aliphatic heterocycles. The van der Waals surface area contributed by atoms with E-state index in [4.69, 9.17) is 23.8 Å². The predicted molar refractivity (Wildman–Crippen MR) is 80.0 cm³/mol. The zero-order chi connectivity index (χ0) is 13.9. The minimum absolute atomic E-state index is 0.125. The van der Waals surface area contributed by atoms with Crippen LogP contribution >= 0.6 is 23.8 Å². The summed E-state index contributed by atoms with van der Waals surface area (Å²) in [6, 6.07) is 5.46. The Morgan fingerprint density at radius 3 is 2.50 bits per heavy atom. The van der Waals surface area contributed by atoms with Gasteiger partial charge in [0.25, 0.3) is 0 Å². The number of amides is 1. The van der Waals surface area contributed by atoms with E-state index < -0.39 is 5.41 Å². The molecule has 0 saturated heterocycles. The Balaban J connectivity index is 2.71. The van der Waals surface area contributed by atoms with Crippen LogP contribution in [0, 0.1) is 12.3 Å². The van der Waals surface area contributed by atoms with Crippen molar-refractivity contribution in [2.45, 2.75) is 27.7 Å². The number of aryl methyl sites for hydroxylation is 1. The van der Waals surface area contributed by atoms with Crippen molar-refractivity contribution in [1.82, 2.24) is 5.32 Å². The van der Waals surface area contributed by atoms with Crippen molar-refractivity contribution in [3.63, 3.8) is 0 Å². The summed E-state index contributed by atoms with van der Waals surface area (Å²) < 4.78 is 0. The smallest absolute Gasteiger partial charge is 0.231 e. The van der Waals surface area contributed by atoms with Crippen LogP contribution in [-0.2, 0) is 4.79 Å². The van der Waals surface area contributed by atoms with Gasteiger partial charge >= 0.3 is 0 Å². The maximum Gasteiger partial charge on any atom is 0.231 e. The molecule has 18 heavy (non-hydrogen) atoms. The molecule has 1 amide bonds. The molecule has 1 aromatic carbocycles. The van der Waals surface area contributed by atoms with Crippen LogP contribution in [0.4, 0.5) is 5.69 Å². The predicted octanol–water partition coefficient (Wildman–Crippen LogP) is 3.51. The number of hydrogen-bond donors (Lipinski definition) is 2. The second kappa shape index (κ2) is 5.67. The fourth-order valence-electron chi connectivity index (χ4n) is 1.17. The molecule has 3 nitrogen and oxygen atoms in total. The van der Waals surface area contributed by atoms with Crippen molar-refractivity contribution in [1.29, 1.82) is 0 Å². The highest BCUT2D eigenvalue weighted by Crippen LogP contribution is 2.20. The highest BCUT2D eigenvalue weighted by molar-refractivity contribution is 7.80. The van der Waals surface area contributed by atoms with Crippen LogP contribution in [0.1, 0.15) is 26.3 Å². The van der Waals surface area contributed by atoms with Crippen molar-refractivity contribution in [3.8, 4) is 0 Å². The third-order valence-corrected chi connectivity index (χ3v) is 2.80. The van der Waals surface area contributed by atoms with Gasteiger partial charge in [-0.15, -0.1) is 0 Å². The van der Waals surface area contributed by atoms with Gasteiger partial charge in [0.15, 0.2) is 5.11 Å². The van der Waals surface area contributed by atoms with E-state index in [2.05, 4.69) is 10.6 Å². The van der Waals surface area contributed by atoms with Gasteiger partial charge in [-0.3, -0.25) is 4.79 Å². The first kappa shape index (κ1) is 14.9. The molecule has 0 heterocycles. The Bertz CT molecular complexity index is 480. The molecule has 5 heteroatoms. The van der Waals surface area contributed by atoms with Crippen molar-refractivity contribution in [3.05, 3.63) is 28.8 Å². The lowest BCUT2D eigenvalue weighted by Gasteiger charge is -2.19. The maximum absolute atomic E-state index is 11.8. The number of anilines is 1. The number of halogens is 1. The average molecular weight is 285 g/mol. The largest absolute Gasteiger partial charge is 0.332 e. The molecule has 0 fully saturated rings.